The standard InChI is InChI=1S/C25H32ClN3O2/c1-17(2)19-9-7-10-20(18(3)4)24(19)27-23(30)16-28-12-14-29(15-13-28)25(31)21-8-5-6-11-22(21)26/h5-11,17-18H,12-16H2,1-4H3,(H,27,30). The van der Waals surface area contributed by atoms with E-state index in [4.69, 9.17) is 11.6 Å². The summed E-state index contributed by atoms with van der Waals surface area (Å²) in [6, 6.07) is 13.4. The Bertz CT molecular complexity index is 908. The van der Waals surface area contributed by atoms with Crippen molar-refractivity contribution in [2.24, 2.45) is 0 Å². The summed E-state index contributed by atoms with van der Waals surface area (Å²) in [5, 5.41) is 3.65. The summed E-state index contributed by atoms with van der Waals surface area (Å²) in [7, 11) is 0. The van der Waals surface area contributed by atoms with Crippen LogP contribution >= 0.6 is 11.6 Å². The molecule has 0 bridgehead atoms. The van der Waals surface area contributed by atoms with Crippen LogP contribution in [0.5, 0.6) is 0 Å². The van der Waals surface area contributed by atoms with E-state index in [1.807, 2.05) is 12.1 Å². The van der Waals surface area contributed by atoms with Crippen LogP contribution in [0.15, 0.2) is 42.5 Å². The lowest BCUT2D eigenvalue weighted by atomic mass is 9.92. The fraction of sp³-hybridized carbons (Fsp3) is 0.440. The van der Waals surface area contributed by atoms with E-state index >= 15 is 0 Å². The van der Waals surface area contributed by atoms with Gasteiger partial charge in [0.05, 0.1) is 17.1 Å². The first-order valence-electron chi connectivity index (χ1n) is 11.0. The van der Waals surface area contributed by atoms with Crippen molar-refractivity contribution < 1.29 is 9.59 Å². The lowest BCUT2D eigenvalue weighted by molar-refractivity contribution is -0.117. The first-order valence-corrected chi connectivity index (χ1v) is 11.3. The smallest absolute Gasteiger partial charge is 0.255 e. The van der Waals surface area contributed by atoms with Crippen LogP contribution in [-0.4, -0.2) is 54.3 Å². The molecule has 1 N–H and O–H groups in total. The van der Waals surface area contributed by atoms with Gasteiger partial charge < -0.3 is 10.2 Å². The van der Waals surface area contributed by atoms with E-state index in [2.05, 4.69) is 56.1 Å². The van der Waals surface area contributed by atoms with Crippen molar-refractivity contribution in [2.75, 3.05) is 38.0 Å². The molecule has 5 nitrogen and oxygen atoms in total. The van der Waals surface area contributed by atoms with Crippen molar-refractivity contribution in [3.8, 4) is 0 Å². The number of rotatable bonds is 6. The molecule has 2 aromatic carbocycles. The summed E-state index contributed by atoms with van der Waals surface area (Å²) >= 11 is 6.17. The summed E-state index contributed by atoms with van der Waals surface area (Å²) in [5.74, 6) is 0.588. The molecule has 166 valence electrons. The van der Waals surface area contributed by atoms with E-state index in [0.717, 1.165) is 16.8 Å². The van der Waals surface area contributed by atoms with Crippen LogP contribution < -0.4 is 5.32 Å². The van der Waals surface area contributed by atoms with Gasteiger partial charge in [0.2, 0.25) is 5.91 Å². The van der Waals surface area contributed by atoms with Gasteiger partial charge in [-0.25, -0.2) is 0 Å². The van der Waals surface area contributed by atoms with Gasteiger partial charge in [0.1, 0.15) is 0 Å². The van der Waals surface area contributed by atoms with Crippen molar-refractivity contribution >= 4 is 29.1 Å². The van der Waals surface area contributed by atoms with Crippen molar-refractivity contribution in [2.45, 2.75) is 39.5 Å². The van der Waals surface area contributed by atoms with Gasteiger partial charge in [-0.05, 0) is 35.1 Å². The Labute approximate surface area is 190 Å². The highest BCUT2D eigenvalue weighted by Crippen LogP contribution is 2.32. The van der Waals surface area contributed by atoms with Gasteiger partial charge in [0.25, 0.3) is 5.91 Å². The number of nitrogens with one attached hydrogen (secondary N) is 1. The van der Waals surface area contributed by atoms with E-state index in [0.29, 0.717) is 55.1 Å². The third-order valence-electron chi connectivity index (χ3n) is 5.77. The number of carbonyl (C=O) groups is 2. The third kappa shape index (κ3) is 5.66. The number of carbonyl (C=O) groups excluding carboxylic acids is 2. The van der Waals surface area contributed by atoms with Crippen LogP contribution in [-0.2, 0) is 4.79 Å². The number of hydrogen-bond acceptors (Lipinski definition) is 3. The minimum atomic E-state index is -0.0536. The second-order valence-corrected chi connectivity index (χ2v) is 9.12. The molecule has 1 heterocycles. The van der Waals surface area contributed by atoms with Gasteiger partial charge in [-0.2, -0.15) is 0 Å². The second kappa shape index (κ2) is 10.3. The molecule has 1 fully saturated rings. The average Bonchev–Trinajstić information content (AvgIpc) is 2.74. The van der Waals surface area contributed by atoms with Crippen molar-refractivity contribution in [1.82, 2.24) is 9.80 Å². The Balaban J connectivity index is 1.60. The third-order valence-corrected chi connectivity index (χ3v) is 6.10. The number of benzene rings is 2. The normalized spacial score (nSPS) is 14.9. The van der Waals surface area contributed by atoms with Crippen LogP contribution in [0.4, 0.5) is 5.69 Å². The molecule has 1 aliphatic rings. The van der Waals surface area contributed by atoms with Crippen LogP contribution in [0.2, 0.25) is 5.02 Å². The molecule has 0 radical (unpaired) electrons. The SMILES string of the molecule is CC(C)c1cccc(C(C)C)c1NC(=O)CN1CCN(C(=O)c2ccccc2Cl)CC1. The predicted molar refractivity (Wildman–Crippen MR) is 127 cm³/mol. The highest BCUT2D eigenvalue weighted by atomic mass is 35.5. The average molecular weight is 442 g/mol. The largest absolute Gasteiger partial charge is 0.336 e. The van der Waals surface area contributed by atoms with E-state index in [-0.39, 0.29) is 11.8 Å². The molecule has 0 unspecified atom stereocenters. The number of halogens is 1. The number of hydrogen-bond donors (Lipinski definition) is 1. The van der Waals surface area contributed by atoms with Crippen LogP contribution in [0.25, 0.3) is 0 Å². The van der Waals surface area contributed by atoms with E-state index in [1.165, 1.54) is 0 Å². The van der Waals surface area contributed by atoms with Crippen molar-refractivity contribution in [3.05, 3.63) is 64.2 Å². The Morgan fingerprint density at radius 2 is 1.48 bits per heavy atom. The molecule has 0 aliphatic carbocycles. The molecule has 0 spiro atoms. The molecule has 6 heteroatoms. The molecular formula is C25H32ClN3O2. The molecule has 3 rings (SSSR count). The lowest BCUT2D eigenvalue weighted by Gasteiger charge is -2.34. The van der Waals surface area contributed by atoms with Crippen LogP contribution in [0.3, 0.4) is 0 Å². The van der Waals surface area contributed by atoms with Gasteiger partial charge in [0, 0.05) is 31.9 Å². The number of nitrogens with zero attached hydrogens (tertiary/aromatic N) is 2. The highest BCUT2D eigenvalue weighted by Gasteiger charge is 2.25. The van der Waals surface area contributed by atoms with Crippen LogP contribution in [0, 0.1) is 0 Å². The molecule has 2 aromatic rings. The zero-order chi connectivity index (χ0) is 22.5. The molecule has 0 atom stereocenters. The Morgan fingerprint density at radius 3 is 2.03 bits per heavy atom. The molecule has 1 saturated heterocycles. The summed E-state index contributed by atoms with van der Waals surface area (Å²) in [6.07, 6.45) is 0. The zero-order valence-corrected chi connectivity index (χ0v) is 19.6. The first kappa shape index (κ1) is 23.3. The molecule has 0 aromatic heterocycles. The van der Waals surface area contributed by atoms with Gasteiger partial charge in [0.15, 0.2) is 0 Å². The van der Waals surface area contributed by atoms with Crippen molar-refractivity contribution in [1.29, 1.82) is 0 Å². The minimum absolute atomic E-state index is 0.0131. The number of piperazine rings is 1. The minimum Gasteiger partial charge on any atom is -0.336 e. The Kier molecular flexibility index (Phi) is 7.74. The highest BCUT2D eigenvalue weighted by molar-refractivity contribution is 6.33. The summed E-state index contributed by atoms with van der Waals surface area (Å²) in [6.45, 7) is 11.4. The maximum Gasteiger partial charge on any atom is 0.255 e. The van der Waals surface area contributed by atoms with E-state index in [1.54, 1.807) is 17.0 Å². The Hall–Kier alpha value is -2.37. The summed E-state index contributed by atoms with van der Waals surface area (Å²) in [5.41, 5.74) is 3.80. The van der Waals surface area contributed by atoms with E-state index < -0.39 is 0 Å². The zero-order valence-electron chi connectivity index (χ0n) is 18.8. The summed E-state index contributed by atoms with van der Waals surface area (Å²) in [4.78, 5) is 29.5. The van der Waals surface area contributed by atoms with Gasteiger partial charge >= 0.3 is 0 Å². The van der Waals surface area contributed by atoms with Gasteiger partial charge in [-0.3, -0.25) is 14.5 Å². The quantitative estimate of drug-likeness (QED) is 0.687. The van der Waals surface area contributed by atoms with Crippen molar-refractivity contribution in [3.63, 3.8) is 0 Å². The predicted octanol–water partition coefficient (Wildman–Crippen LogP) is 4.98. The second-order valence-electron chi connectivity index (χ2n) is 8.72. The van der Waals surface area contributed by atoms with Crippen LogP contribution in [0.1, 0.15) is 61.0 Å². The van der Waals surface area contributed by atoms with E-state index in [9.17, 15) is 9.59 Å². The van der Waals surface area contributed by atoms with Gasteiger partial charge in [-0.1, -0.05) is 69.6 Å². The topological polar surface area (TPSA) is 52.7 Å². The monoisotopic (exact) mass is 441 g/mol. The lowest BCUT2D eigenvalue weighted by Crippen LogP contribution is -2.50. The summed E-state index contributed by atoms with van der Waals surface area (Å²) < 4.78 is 0. The Morgan fingerprint density at radius 1 is 0.903 bits per heavy atom. The fourth-order valence-electron chi connectivity index (χ4n) is 3.99. The maximum absolute atomic E-state index is 12.9. The van der Waals surface area contributed by atoms with Gasteiger partial charge in [-0.15, -0.1) is 0 Å². The number of para-hydroxylation sites is 1. The molecule has 1 aliphatic heterocycles. The number of anilines is 1. The molecule has 0 saturated carbocycles. The first-order chi connectivity index (χ1) is 14.8. The fourth-order valence-corrected chi connectivity index (χ4v) is 4.21. The molecule has 31 heavy (non-hydrogen) atoms. The molecule has 2 amide bonds. The number of amides is 2. The molecular weight excluding hydrogens is 410 g/mol. The maximum atomic E-state index is 12.9.